The molecular formula is C22H31NP2. The summed E-state index contributed by atoms with van der Waals surface area (Å²) in [5.74, 6) is 0. The molecule has 2 aromatic carbocycles. The van der Waals surface area contributed by atoms with Gasteiger partial charge in [0, 0.05) is 14.6 Å². The molecule has 0 N–H and O–H groups in total. The fraction of sp³-hybridized carbons (Fsp3) is 0.455. The molecule has 1 nitrogen and oxygen atoms in total. The molecular weight excluding hydrogens is 340 g/mol. The molecule has 0 bridgehead atoms. The van der Waals surface area contributed by atoms with Crippen LogP contribution in [0.1, 0.15) is 46.0 Å². The zero-order valence-corrected chi connectivity index (χ0v) is 17.4. The molecule has 0 saturated carbocycles. The fourth-order valence-corrected chi connectivity index (χ4v) is 10.8. The second kappa shape index (κ2) is 9.82. The number of nitrogens with zero attached hydrogens (tertiary/aromatic N) is 1. The number of rotatable bonds is 8. The van der Waals surface area contributed by atoms with Gasteiger partial charge in [0.15, 0.2) is 0 Å². The topological polar surface area (TPSA) is 3.24 Å². The van der Waals surface area contributed by atoms with Crippen molar-refractivity contribution in [1.29, 1.82) is 0 Å². The Morgan fingerprint density at radius 1 is 0.960 bits per heavy atom. The normalized spacial score (nSPS) is 20.5. The maximum atomic E-state index is 2.97. The van der Waals surface area contributed by atoms with Crippen LogP contribution in [0.2, 0.25) is 0 Å². The first-order valence-corrected chi connectivity index (χ1v) is 12.6. The molecule has 134 valence electrons. The molecule has 3 heteroatoms. The Hall–Kier alpha value is -0.740. The van der Waals surface area contributed by atoms with E-state index < -0.39 is 8.07 Å². The zero-order valence-electron chi connectivity index (χ0n) is 15.6. The van der Waals surface area contributed by atoms with Gasteiger partial charge in [0.25, 0.3) is 0 Å². The molecule has 3 rings (SSSR count). The van der Waals surface area contributed by atoms with Crippen LogP contribution >= 0.6 is 16.1 Å². The maximum absolute atomic E-state index is 2.97. The average molecular weight is 371 g/mol. The van der Waals surface area contributed by atoms with Gasteiger partial charge in [-0.15, -0.1) is 0 Å². The Kier molecular flexibility index (Phi) is 7.48. The number of unbranched alkanes of at least 4 members (excludes halogenated alkanes) is 1. The molecule has 1 heterocycles. The SMILES string of the molecule is CCCCN(P(c1ccccc1)c1ccccc1)P1CCC[C@H]1CC. The molecule has 0 spiro atoms. The second-order valence-corrected chi connectivity index (χ2v) is 11.8. The van der Waals surface area contributed by atoms with Crippen molar-refractivity contribution in [3.63, 3.8) is 0 Å². The van der Waals surface area contributed by atoms with Gasteiger partial charge in [-0.3, -0.25) is 4.44 Å². The summed E-state index contributed by atoms with van der Waals surface area (Å²) < 4.78 is 2.97. The Balaban J connectivity index is 2.00. The molecule has 1 fully saturated rings. The van der Waals surface area contributed by atoms with E-state index in [9.17, 15) is 0 Å². The van der Waals surface area contributed by atoms with Gasteiger partial charge < -0.3 is 0 Å². The van der Waals surface area contributed by atoms with E-state index in [1.165, 1.54) is 55.4 Å². The number of hydrogen-bond donors (Lipinski definition) is 0. The van der Waals surface area contributed by atoms with Gasteiger partial charge in [0.2, 0.25) is 0 Å². The van der Waals surface area contributed by atoms with Crippen molar-refractivity contribution in [3.05, 3.63) is 60.7 Å². The van der Waals surface area contributed by atoms with Crippen LogP contribution in [0.25, 0.3) is 0 Å². The monoisotopic (exact) mass is 371 g/mol. The van der Waals surface area contributed by atoms with Crippen LogP contribution in [-0.4, -0.2) is 22.8 Å². The molecule has 1 aliphatic heterocycles. The highest BCUT2D eigenvalue weighted by atomic mass is 31.2. The minimum absolute atomic E-state index is 0.00815. The summed E-state index contributed by atoms with van der Waals surface area (Å²) in [5, 5.41) is 3.04. The first-order chi connectivity index (χ1) is 12.3. The smallest absolute Gasteiger partial charge is 0.0318 e. The molecule has 2 atom stereocenters. The first kappa shape index (κ1) is 19.0. The van der Waals surface area contributed by atoms with E-state index in [0.717, 1.165) is 5.66 Å². The molecule has 1 aliphatic rings. The summed E-state index contributed by atoms with van der Waals surface area (Å²) in [6, 6.07) is 22.6. The molecule has 0 amide bonds. The molecule has 0 aromatic heterocycles. The van der Waals surface area contributed by atoms with Crippen molar-refractivity contribution in [1.82, 2.24) is 4.44 Å². The van der Waals surface area contributed by atoms with Crippen molar-refractivity contribution in [2.24, 2.45) is 0 Å². The lowest BCUT2D eigenvalue weighted by Gasteiger charge is -2.39. The minimum Gasteiger partial charge on any atom is -0.252 e. The summed E-state index contributed by atoms with van der Waals surface area (Å²) in [5.41, 5.74) is 0.935. The Morgan fingerprint density at radius 2 is 1.56 bits per heavy atom. The highest BCUT2D eigenvalue weighted by Crippen LogP contribution is 2.62. The van der Waals surface area contributed by atoms with Crippen LogP contribution in [-0.2, 0) is 0 Å². The van der Waals surface area contributed by atoms with Gasteiger partial charge >= 0.3 is 0 Å². The zero-order chi connectivity index (χ0) is 17.5. The predicted molar refractivity (Wildman–Crippen MR) is 116 cm³/mol. The molecule has 0 aliphatic carbocycles. The lowest BCUT2D eigenvalue weighted by atomic mass is 10.2. The second-order valence-electron chi connectivity index (χ2n) is 6.80. The average Bonchev–Trinajstić information content (AvgIpc) is 3.15. The summed E-state index contributed by atoms with van der Waals surface area (Å²) >= 11 is 0. The van der Waals surface area contributed by atoms with Crippen molar-refractivity contribution in [2.75, 3.05) is 12.7 Å². The summed E-state index contributed by atoms with van der Waals surface area (Å²) in [4.78, 5) is 0. The summed E-state index contributed by atoms with van der Waals surface area (Å²) in [7, 11) is -0.415. The molecule has 2 aromatic rings. The first-order valence-electron chi connectivity index (χ1n) is 9.79. The van der Waals surface area contributed by atoms with Crippen LogP contribution < -0.4 is 10.6 Å². The van der Waals surface area contributed by atoms with Crippen LogP contribution in [0, 0.1) is 0 Å². The molecule has 0 radical (unpaired) electrons. The molecule has 1 saturated heterocycles. The van der Waals surface area contributed by atoms with Crippen LogP contribution in [0.5, 0.6) is 0 Å². The van der Waals surface area contributed by atoms with Gasteiger partial charge in [0.1, 0.15) is 0 Å². The van der Waals surface area contributed by atoms with Crippen molar-refractivity contribution < 1.29 is 0 Å². The Morgan fingerprint density at radius 3 is 2.08 bits per heavy atom. The van der Waals surface area contributed by atoms with Crippen LogP contribution in [0.15, 0.2) is 60.7 Å². The molecule has 25 heavy (non-hydrogen) atoms. The Bertz CT molecular complexity index is 577. The quantitative estimate of drug-likeness (QED) is 0.506. The lowest BCUT2D eigenvalue weighted by molar-refractivity contribution is 0.631. The van der Waals surface area contributed by atoms with Gasteiger partial charge in [-0.1, -0.05) is 80.9 Å². The Labute approximate surface area is 156 Å². The third-order valence-electron chi connectivity index (χ3n) is 5.06. The number of hydrogen-bond acceptors (Lipinski definition) is 1. The summed E-state index contributed by atoms with van der Waals surface area (Å²) in [6.07, 6.45) is 8.26. The largest absolute Gasteiger partial charge is 0.252 e. The fourth-order valence-electron chi connectivity index (χ4n) is 3.74. The van der Waals surface area contributed by atoms with Crippen LogP contribution in [0.4, 0.5) is 0 Å². The highest BCUT2D eigenvalue weighted by Gasteiger charge is 2.35. The minimum atomic E-state index is -0.407. The van der Waals surface area contributed by atoms with Crippen molar-refractivity contribution >= 4 is 26.8 Å². The number of benzene rings is 2. The molecule has 1 unspecified atom stereocenters. The predicted octanol–water partition coefficient (Wildman–Crippen LogP) is 6.11. The van der Waals surface area contributed by atoms with E-state index in [1.54, 1.807) is 0 Å². The van der Waals surface area contributed by atoms with Gasteiger partial charge in [-0.05, 0) is 56.2 Å². The van der Waals surface area contributed by atoms with Gasteiger partial charge in [-0.25, -0.2) is 0 Å². The standard InChI is InChI=1S/C22H31NP2/c1-3-5-18-23(24-19-12-17-20(24)4-2)25(21-13-8-6-9-14-21)22-15-10-7-11-16-22/h6-11,13-16,20H,3-5,12,17-19H2,1-2H3/t20-,24?/m1/s1. The van der Waals surface area contributed by atoms with E-state index in [4.69, 9.17) is 0 Å². The van der Waals surface area contributed by atoms with E-state index in [2.05, 4.69) is 79.0 Å². The lowest BCUT2D eigenvalue weighted by Crippen LogP contribution is -2.28. The van der Waals surface area contributed by atoms with E-state index in [0.29, 0.717) is 0 Å². The third kappa shape index (κ3) is 4.71. The van der Waals surface area contributed by atoms with Crippen LogP contribution in [0.3, 0.4) is 0 Å². The van der Waals surface area contributed by atoms with Crippen molar-refractivity contribution in [2.45, 2.75) is 51.6 Å². The van der Waals surface area contributed by atoms with Crippen molar-refractivity contribution in [3.8, 4) is 0 Å². The van der Waals surface area contributed by atoms with Gasteiger partial charge in [-0.2, -0.15) is 0 Å². The van der Waals surface area contributed by atoms with E-state index in [1.807, 2.05) is 0 Å². The van der Waals surface area contributed by atoms with Gasteiger partial charge in [0.05, 0.1) is 0 Å². The highest BCUT2D eigenvalue weighted by molar-refractivity contribution is 7.79. The summed E-state index contributed by atoms with van der Waals surface area (Å²) in [6.45, 7) is 5.98. The van der Waals surface area contributed by atoms with E-state index in [-0.39, 0.29) is 8.07 Å². The maximum Gasteiger partial charge on any atom is 0.0318 e. The van der Waals surface area contributed by atoms with E-state index >= 15 is 0 Å². The third-order valence-corrected chi connectivity index (χ3v) is 11.6.